The third kappa shape index (κ3) is 4.35. The van der Waals surface area contributed by atoms with Crippen LogP contribution in [-0.2, 0) is 10.0 Å². The summed E-state index contributed by atoms with van der Waals surface area (Å²) in [6.07, 6.45) is 2.11. The molecule has 98 valence electrons. The van der Waals surface area contributed by atoms with Crippen molar-refractivity contribution in [3.63, 3.8) is 0 Å². The third-order valence-corrected chi connectivity index (χ3v) is 3.48. The lowest BCUT2D eigenvalue weighted by Crippen LogP contribution is -2.13. The number of ether oxygens (including phenoxy) is 1. The first-order valence-corrected chi connectivity index (χ1v) is 7.13. The molecule has 0 amide bonds. The Morgan fingerprint density at radius 1 is 1.39 bits per heavy atom. The fourth-order valence-corrected chi connectivity index (χ4v) is 2.29. The molecular formula is C12H16N2O3S. The van der Waals surface area contributed by atoms with Gasteiger partial charge in [0, 0.05) is 6.42 Å². The number of hydrogen-bond donors (Lipinski definition) is 1. The van der Waals surface area contributed by atoms with Gasteiger partial charge in [-0.25, -0.2) is 13.6 Å². The fraction of sp³-hybridized carbons (Fsp3) is 0.417. The minimum Gasteiger partial charge on any atom is -0.494 e. The number of nitrogens with zero attached hydrogens (tertiary/aromatic N) is 1. The Bertz CT molecular complexity index is 547. The maximum Gasteiger partial charge on any atom is 0.238 e. The lowest BCUT2D eigenvalue weighted by atomic mass is 10.2. The molecule has 0 aliphatic heterocycles. The number of nitrogens with two attached hydrogens (primary N) is 1. The topological polar surface area (TPSA) is 93.2 Å². The molecule has 1 aromatic rings. The van der Waals surface area contributed by atoms with Crippen molar-refractivity contribution in [2.45, 2.75) is 31.1 Å². The van der Waals surface area contributed by atoms with E-state index in [0.717, 1.165) is 12.8 Å². The molecule has 5 nitrogen and oxygen atoms in total. The zero-order valence-electron chi connectivity index (χ0n) is 10.2. The van der Waals surface area contributed by atoms with E-state index in [0.29, 0.717) is 24.3 Å². The number of aryl methyl sites for hydroxylation is 1. The van der Waals surface area contributed by atoms with Crippen LogP contribution in [0, 0.1) is 18.3 Å². The van der Waals surface area contributed by atoms with Gasteiger partial charge in [-0.1, -0.05) is 0 Å². The van der Waals surface area contributed by atoms with Crippen molar-refractivity contribution < 1.29 is 13.2 Å². The number of sulfonamides is 1. The second-order valence-corrected chi connectivity index (χ2v) is 5.47. The van der Waals surface area contributed by atoms with Crippen molar-refractivity contribution >= 4 is 10.0 Å². The highest BCUT2D eigenvalue weighted by Crippen LogP contribution is 2.20. The Morgan fingerprint density at radius 3 is 2.67 bits per heavy atom. The van der Waals surface area contributed by atoms with Crippen molar-refractivity contribution in [3.8, 4) is 11.8 Å². The summed E-state index contributed by atoms with van der Waals surface area (Å²) in [4.78, 5) is 0.110. The summed E-state index contributed by atoms with van der Waals surface area (Å²) in [5.41, 5.74) is 0.562. The van der Waals surface area contributed by atoms with Crippen LogP contribution < -0.4 is 9.88 Å². The Morgan fingerprint density at radius 2 is 2.11 bits per heavy atom. The Hall–Kier alpha value is -1.58. The smallest absolute Gasteiger partial charge is 0.238 e. The van der Waals surface area contributed by atoms with Gasteiger partial charge in [0.05, 0.1) is 17.6 Å². The van der Waals surface area contributed by atoms with Crippen molar-refractivity contribution in [1.82, 2.24) is 0 Å². The van der Waals surface area contributed by atoms with Crippen molar-refractivity contribution in [3.05, 3.63) is 23.8 Å². The molecule has 0 aromatic heterocycles. The quantitative estimate of drug-likeness (QED) is 0.795. The van der Waals surface area contributed by atoms with Gasteiger partial charge in [0.2, 0.25) is 10.0 Å². The van der Waals surface area contributed by atoms with Crippen LogP contribution in [0.4, 0.5) is 0 Å². The normalized spacial score (nSPS) is 10.9. The predicted molar refractivity (Wildman–Crippen MR) is 67.5 cm³/mol. The van der Waals surface area contributed by atoms with Crippen LogP contribution in [0.2, 0.25) is 0 Å². The van der Waals surface area contributed by atoms with E-state index < -0.39 is 10.0 Å². The van der Waals surface area contributed by atoms with Crippen molar-refractivity contribution in [2.75, 3.05) is 6.61 Å². The average molecular weight is 268 g/mol. The maximum absolute atomic E-state index is 11.2. The first-order chi connectivity index (χ1) is 8.45. The van der Waals surface area contributed by atoms with E-state index >= 15 is 0 Å². The summed E-state index contributed by atoms with van der Waals surface area (Å²) in [7, 11) is -3.67. The summed E-state index contributed by atoms with van der Waals surface area (Å²) in [6.45, 7) is 2.18. The van der Waals surface area contributed by atoms with E-state index in [1.54, 1.807) is 19.1 Å². The predicted octanol–water partition coefficient (Wildman–Crippen LogP) is 1.72. The SMILES string of the molecule is Cc1cc(OCCCCC#N)ccc1S(N)(=O)=O. The molecule has 0 atom stereocenters. The van der Waals surface area contributed by atoms with E-state index in [1.165, 1.54) is 6.07 Å². The second-order valence-electron chi connectivity index (χ2n) is 3.94. The number of primary sulfonamides is 1. The molecule has 6 heteroatoms. The lowest BCUT2D eigenvalue weighted by Gasteiger charge is -2.08. The van der Waals surface area contributed by atoms with Gasteiger partial charge in [0.1, 0.15) is 5.75 Å². The van der Waals surface area contributed by atoms with Crippen molar-refractivity contribution in [2.24, 2.45) is 5.14 Å². The Kier molecular flexibility index (Phi) is 5.13. The molecule has 2 N–H and O–H groups in total. The van der Waals surface area contributed by atoms with Crippen LogP contribution in [-0.4, -0.2) is 15.0 Å². The van der Waals surface area contributed by atoms with Crippen molar-refractivity contribution in [1.29, 1.82) is 5.26 Å². The fourth-order valence-electron chi connectivity index (χ4n) is 1.53. The van der Waals surface area contributed by atoms with Crippen LogP contribution in [0.3, 0.4) is 0 Å². The van der Waals surface area contributed by atoms with Gasteiger partial charge in [-0.2, -0.15) is 5.26 Å². The highest BCUT2D eigenvalue weighted by Gasteiger charge is 2.11. The molecule has 0 saturated heterocycles. The molecule has 0 heterocycles. The highest BCUT2D eigenvalue weighted by atomic mass is 32.2. The minimum atomic E-state index is -3.67. The molecule has 0 aliphatic rings. The van der Waals surface area contributed by atoms with Crippen LogP contribution in [0.15, 0.2) is 23.1 Å². The number of unbranched alkanes of at least 4 members (excludes halogenated alkanes) is 2. The largest absolute Gasteiger partial charge is 0.494 e. The van der Waals surface area contributed by atoms with Gasteiger partial charge < -0.3 is 4.74 Å². The van der Waals surface area contributed by atoms with Crippen LogP contribution in [0.5, 0.6) is 5.75 Å². The van der Waals surface area contributed by atoms with Crippen LogP contribution in [0.1, 0.15) is 24.8 Å². The first-order valence-electron chi connectivity index (χ1n) is 5.58. The third-order valence-electron chi connectivity index (χ3n) is 2.40. The summed E-state index contributed by atoms with van der Waals surface area (Å²) < 4.78 is 27.9. The van der Waals surface area contributed by atoms with E-state index in [9.17, 15) is 8.42 Å². The van der Waals surface area contributed by atoms with E-state index in [1.807, 2.05) is 0 Å². The summed E-state index contributed by atoms with van der Waals surface area (Å²) in [5, 5.41) is 13.4. The number of rotatable bonds is 6. The number of hydrogen-bond acceptors (Lipinski definition) is 4. The molecule has 1 rings (SSSR count). The lowest BCUT2D eigenvalue weighted by molar-refractivity contribution is 0.307. The van der Waals surface area contributed by atoms with Gasteiger partial charge >= 0.3 is 0 Å². The molecule has 1 aromatic carbocycles. The van der Waals surface area contributed by atoms with Gasteiger partial charge in [-0.3, -0.25) is 0 Å². The minimum absolute atomic E-state index is 0.110. The first kappa shape index (κ1) is 14.5. The average Bonchev–Trinajstić information content (AvgIpc) is 2.27. The van der Waals surface area contributed by atoms with Crippen LogP contribution in [0.25, 0.3) is 0 Å². The maximum atomic E-state index is 11.2. The molecule has 0 bridgehead atoms. The van der Waals surface area contributed by atoms with Gasteiger partial charge in [-0.05, 0) is 43.5 Å². The molecule has 18 heavy (non-hydrogen) atoms. The molecule has 0 aliphatic carbocycles. The summed E-state index contributed by atoms with van der Waals surface area (Å²) in [5.74, 6) is 0.608. The van der Waals surface area contributed by atoms with Gasteiger partial charge in [0.15, 0.2) is 0 Å². The Balaban J connectivity index is 2.60. The molecule has 0 radical (unpaired) electrons. The molecule has 0 fully saturated rings. The van der Waals surface area contributed by atoms with E-state index in [2.05, 4.69) is 6.07 Å². The van der Waals surface area contributed by atoms with Gasteiger partial charge in [0.25, 0.3) is 0 Å². The molecule has 0 saturated carbocycles. The highest BCUT2D eigenvalue weighted by molar-refractivity contribution is 7.89. The molecule has 0 unspecified atom stereocenters. The van der Waals surface area contributed by atoms with Crippen LogP contribution >= 0.6 is 0 Å². The number of benzene rings is 1. The second kappa shape index (κ2) is 6.38. The summed E-state index contributed by atoms with van der Waals surface area (Å²) in [6, 6.07) is 6.73. The Labute approximate surface area is 107 Å². The zero-order valence-corrected chi connectivity index (χ0v) is 11.0. The standard InChI is InChI=1S/C12H16N2O3S/c1-10-9-11(17-8-4-2-3-7-13)5-6-12(10)18(14,15)16/h5-6,9H,2-4,8H2,1H3,(H2,14,15,16). The monoisotopic (exact) mass is 268 g/mol. The number of nitriles is 1. The molecular weight excluding hydrogens is 252 g/mol. The summed E-state index contributed by atoms with van der Waals surface area (Å²) >= 11 is 0. The van der Waals surface area contributed by atoms with Gasteiger partial charge in [-0.15, -0.1) is 0 Å². The zero-order chi connectivity index (χ0) is 13.6. The van der Waals surface area contributed by atoms with E-state index in [-0.39, 0.29) is 4.90 Å². The molecule has 0 spiro atoms. The van der Waals surface area contributed by atoms with E-state index in [4.69, 9.17) is 15.1 Å².